The molecule has 4 rings (SSSR count). The lowest BCUT2D eigenvalue weighted by Gasteiger charge is -2.14. The van der Waals surface area contributed by atoms with Crippen LogP contribution >= 0.6 is 0 Å². The maximum absolute atomic E-state index is 13.0. The molecule has 0 saturated carbocycles. The number of aromatic nitrogens is 4. The molecule has 8 nitrogen and oxygen atoms in total. The van der Waals surface area contributed by atoms with Gasteiger partial charge in [-0.25, -0.2) is 14.8 Å². The molecule has 33 heavy (non-hydrogen) atoms. The Balaban J connectivity index is 1.49. The van der Waals surface area contributed by atoms with Gasteiger partial charge in [-0.3, -0.25) is 9.55 Å². The van der Waals surface area contributed by atoms with Gasteiger partial charge < -0.3 is 15.4 Å². The zero-order valence-electron chi connectivity index (χ0n) is 17.2. The number of methoxy groups -OCH3 is 1. The zero-order chi connectivity index (χ0) is 23.4. The highest BCUT2D eigenvalue weighted by molar-refractivity contribution is 6.00. The van der Waals surface area contributed by atoms with Crippen molar-refractivity contribution >= 4 is 17.4 Å². The maximum Gasteiger partial charge on any atom is 0.416 e. The maximum atomic E-state index is 13.0. The molecular weight excluding hydrogens is 437 g/mol. The predicted octanol–water partition coefficient (Wildman–Crippen LogP) is 5.00. The number of benzene rings is 1. The van der Waals surface area contributed by atoms with Crippen LogP contribution in [0.4, 0.5) is 29.3 Å². The Labute approximate surface area is 186 Å². The van der Waals surface area contributed by atoms with Gasteiger partial charge in [0.25, 0.3) is 0 Å². The quantitative estimate of drug-likeness (QED) is 0.443. The van der Waals surface area contributed by atoms with E-state index in [1.807, 2.05) is 12.1 Å². The van der Waals surface area contributed by atoms with Gasteiger partial charge in [-0.05, 0) is 42.5 Å². The molecule has 0 unspecified atom stereocenters. The Bertz CT molecular complexity index is 1260. The number of nitrogens with one attached hydrogen (secondary N) is 2. The van der Waals surface area contributed by atoms with Crippen molar-refractivity contribution in [3.05, 3.63) is 79.0 Å². The molecule has 0 aliphatic heterocycles. The highest BCUT2D eigenvalue weighted by Gasteiger charge is 2.31. The Kier molecular flexibility index (Phi) is 5.94. The van der Waals surface area contributed by atoms with Crippen LogP contribution in [0.1, 0.15) is 5.56 Å². The first kappa shape index (κ1) is 21.8. The lowest BCUT2D eigenvalue weighted by atomic mass is 10.2. The van der Waals surface area contributed by atoms with E-state index in [4.69, 9.17) is 4.74 Å². The lowest BCUT2D eigenvalue weighted by Crippen LogP contribution is -2.20. The van der Waals surface area contributed by atoms with Crippen LogP contribution in [-0.4, -0.2) is 32.7 Å². The summed E-state index contributed by atoms with van der Waals surface area (Å²) in [4.78, 5) is 25.0. The van der Waals surface area contributed by atoms with Crippen molar-refractivity contribution in [2.45, 2.75) is 6.18 Å². The van der Waals surface area contributed by atoms with Crippen LogP contribution in [0.2, 0.25) is 0 Å². The SMILES string of the molecule is COc1ccc(C(F)(F)F)cc1NC(=O)Nc1ccc(-n2ccnc2-c2ccncc2)nc1. The number of pyridine rings is 2. The molecule has 0 spiro atoms. The monoisotopic (exact) mass is 454 g/mol. The summed E-state index contributed by atoms with van der Waals surface area (Å²) in [5, 5.41) is 4.91. The first-order chi connectivity index (χ1) is 15.8. The van der Waals surface area contributed by atoms with Gasteiger partial charge in [0.1, 0.15) is 17.4 Å². The summed E-state index contributed by atoms with van der Waals surface area (Å²) >= 11 is 0. The Morgan fingerprint density at radius 2 is 1.79 bits per heavy atom. The highest BCUT2D eigenvalue weighted by atomic mass is 19.4. The number of amides is 2. The lowest BCUT2D eigenvalue weighted by molar-refractivity contribution is -0.137. The fourth-order valence-corrected chi connectivity index (χ4v) is 3.07. The fourth-order valence-electron chi connectivity index (χ4n) is 3.07. The molecule has 0 radical (unpaired) electrons. The van der Waals surface area contributed by atoms with Crippen LogP contribution in [0.15, 0.2) is 73.4 Å². The van der Waals surface area contributed by atoms with E-state index in [0.29, 0.717) is 17.3 Å². The number of anilines is 2. The van der Waals surface area contributed by atoms with Crippen LogP contribution in [0.5, 0.6) is 5.75 Å². The summed E-state index contributed by atoms with van der Waals surface area (Å²) in [5.41, 5.74) is 0.172. The Morgan fingerprint density at radius 1 is 1.00 bits per heavy atom. The van der Waals surface area contributed by atoms with Crippen molar-refractivity contribution in [2.24, 2.45) is 0 Å². The minimum atomic E-state index is -4.55. The molecule has 1 aromatic carbocycles. The number of hydrogen-bond acceptors (Lipinski definition) is 5. The van der Waals surface area contributed by atoms with Gasteiger partial charge in [0.2, 0.25) is 0 Å². The molecule has 2 amide bonds. The zero-order valence-corrected chi connectivity index (χ0v) is 17.2. The first-order valence-corrected chi connectivity index (χ1v) is 9.58. The molecule has 3 heterocycles. The average molecular weight is 454 g/mol. The number of ether oxygens (including phenoxy) is 1. The third kappa shape index (κ3) is 4.92. The van der Waals surface area contributed by atoms with Gasteiger partial charge in [-0.15, -0.1) is 0 Å². The molecule has 0 aliphatic carbocycles. The minimum Gasteiger partial charge on any atom is -0.495 e. The predicted molar refractivity (Wildman–Crippen MR) is 115 cm³/mol. The smallest absolute Gasteiger partial charge is 0.416 e. The molecular formula is C22H17F3N6O2. The van der Waals surface area contributed by atoms with E-state index >= 15 is 0 Å². The van der Waals surface area contributed by atoms with Crippen molar-refractivity contribution in [3.63, 3.8) is 0 Å². The van der Waals surface area contributed by atoms with E-state index in [0.717, 1.165) is 23.8 Å². The van der Waals surface area contributed by atoms with E-state index in [9.17, 15) is 18.0 Å². The van der Waals surface area contributed by atoms with Gasteiger partial charge in [-0.1, -0.05) is 0 Å². The van der Waals surface area contributed by atoms with Crippen molar-refractivity contribution in [3.8, 4) is 23.0 Å². The number of alkyl halides is 3. The van der Waals surface area contributed by atoms with Crippen molar-refractivity contribution < 1.29 is 22.7 Å². The number of carbonyl (C=O) groups excluding carboxylic acids is 1. The number of hydrogen-bond donors (Lipinski definition) is 2. The van der Waals surface area contributed by atoms with Gasteiger partial charge >= 0.3 is 12.2 Å². The third-order valence-electron chi connectivity index (χ3n) is 4.61. The summed E-state index contributed by atoms with van der Waals surface area (Å²) in [7, 11) is 1.30. The summed E-state index contributed by atoms with van der Waals surface area (Å²) in [6.07, 6.45) is 3.58. The van der Waals surface area contributed by atoms with Crippen molar-refractivity contribution in [1.29, 1.82) is 0 Å². The minimum absolute atomic E-state index is 0.0929. The molecule has 0 saturated heterocycles. The average Bonchev–Trinajstić information content (AvgIpc) is 3.29. The molecule has 0 fully saturated rings. The number of halogens is 3. The van der Waals surface area contributed by atoms with E-state index < -0.39 is 17.8 Å². The largest absolute Gasteiger partial charge is 0.495 e. The third-order valence-corrected chi connectivity index (χ3v) is 4.61. The molecule has 0 aliphatic rings. The van der Waals surface area contributed by atoms with E-state index in [1.54, 1.807) is 41.5 Å². The molecule has 168 valence electrons. The van der Waals surface area contributed by atoms with Crippen molar-refractivity contribution in [1.82, 2.24) is 19.5 Å². The van der Waals surface area contributed by atoms with Gasteiger partial charge in [0, 0.05) is 30.4 Å². The molecule has 0 atom stereocenters. The summed E-state index contributed by atoms with van der Waals surface area (Å²) < 4.78 is 45.8. The van der Waals surface area contributed by atoms with Crippen LogP contribution < -0.4 is 15.4 Å². The standard InChI is InChI=1S/C22H17F3N6O2/c1-33-18-4-2-15(22(23,24)25)12-17(18)30-21(32)29-16-3-5-19(28-13-16)31-11-10-27-20(31)14-6-8-26-9-7-14/h2-13H,1H3,(H2,29,30,32). The van der Waals surface area contributed by atoms with Crippen molar-refractivity contribution in [2.75, 3.05) is 17.7 Å². The second-order valence-electron chi connectivity index (χ2n) is 6.75. The van der Waals surface area contributed by atoms with E-state index in [1.165, 1.54) is 13.3 Å². The fraction of sp³-hybridized carbons (Fsp3) is 0.0909. The Morgan fingerprint density at radius 3 is 2.45 bits per heavy atom. The van der Waals surface area contributed by atoms with E-state index in [2.05, 4.69) is 25.6 Å². The van der Waals surface area contributed by atoms with Crippen LogP contribution in [0, 0.1) is 0 Å². The second-order valence-corrected chi connectivity index (χ2v) is 6.75. The summed E-state index contributed by atoms with van der Waals surface area (Å²) in [5.74, 6) is 1.32. The molecule has 0 bridgehead atoms. The van der Waals surface area contributed by atoms with Gasteiger partial charge in [-0.2, -0.15) is 13.2 Å². The summed E-state index contributed by atoms with van der Waals surface area (Å²) in [6, 6.07) is 9.00. The number of nitrogens with zero attached hydrogens (tertiary/aromatic N) is 4. The van der Waals surface area contributed by atoms with Crippen LogP contribution in [0.25, 0.3) is 17.2 Å². The molecule has 2 N–H and O–H groups in total. The van der Waals surface area contributed by atoms with Gasteiger partial charge in [0.15, 0.2) is 0 Å². The second kappa shape index (κ2) is 8.99. The van der Waals surface area contributed by atoms with E-state index in [-0.39, 0.29) is 11.4 Å². The molecule has 3 aromatic heterocycles. The number of imidazole rings is 1. The van der Waals surface area contributed by atoms with Crippen LogP contribution in [-0.2, 0) is 6.18 Å². The normalized spacial score (nSPS) is 11.2. The Hall–Kier alpha value is -4.41. The molecule has 11 heteroatoms. The summed E-state index contributed by atoms with van der Waals surface area (Å²) in [6.45, 7) is 0. The number of carbonyl (C=O) groups is 1. The topological polar surface area (TPSA) is 94.0 Å². The van der Waals surface area contributed by atoms with Crippen LogP contribution in [0.3, 0.4) is 0 Å². The first-order valence-electron chi connectivity index (χ1n) is 9.58. The molecule has 4 aromatic rings. The van der Waals surface area contributed by atoms with Gasteiger partial charge in [0.05, 0.1) is 30.2 Å². The highest BCUT2D eigenvalue weighted by Crippen LogP contribution is 2.35. The number of urea groups is 1. The number of rotatable bonds is 5.